The largest absolute Gasteiger partial charge is 0.478 e. The van der Waals surface area contributed by atoms with Gasteiger partial charge in [-0.15, -0.1) is 0 Å². The van der Waals surface area contributed by atoms with Crippen LogP contribution in [0.3, 0.4) is 0 Å². The van der Waals surface area contributed by atoms with Gasteiger partial charge in [0.25, 0.3) is 5.91 Å². The van der Waals surface area contributed by atoms with Crippen LogP contribution in [0.15, 0.2) is 45.7 Å². The van der Waals surface area contributed by atoms with Crippen molar-refractivity contribution in [3.8, 4) is 0 Å². The quantitative estimate of drug-likeness (QED) is 0.798. The van der Waals surface area contributed by atoms with Gasteiger partial charge >= 0.3 is 5.97 Å². The molecule has 0 aliphatic carbocycles. The Kier molecular flexibility index (Phi) is 3.99. The first-order chi connectivity index (χ1) is 9.47. The van der Waals surface area contributed by atoms with Gasteiger partial charge in [0.05, 0.1) is 11.3 Å². The lowest BCUT2D eigenvalue weighted by molar-refractivity contribution is 0.0696. The fourth-order valence-electron chi connectivity index (χ4n) is 1.52. The van der Waals surface area contributed by atoms with Crippen molar-refractivity contribution in [2.24, 2.45) is 0 Å². The lowest BCUT2D eigenvalue weighted by Crippen LogP contribution is -2.18. The number of aromatic carboxylic acids is 1. The summed E-state index contributed by atoms with van der Waals surface area (Å²) in [6, 6.07) is 8.45. The van der Waals surface area contributed by atoms with Crippen molar-refractivity contribution >= 4 is 33.5 Å². The molecule has 3 N–H and O–H groups in total. The minimum atomic E-state index is -1.10. The van der Waals surface area contributed by atoms with Crippen LogP contribution in [0.2, 0.25) is 0 Å². The number of carbonyl (C=O) groups is 2. The van der Waals surface area contributed by atoms with Crippen LogP contribution < -0.4 is 10.9 Å². The second kappa shape index (κ2) is 5.70. The molecule has 20 heavy (non-hydrogen) atoms. The number of hydrogen-bond acceptors (Lipinski definition) is 3. The molecule has 0 aliphatic heterocycles. The number of carbonyl (C=O) groups excluding carboxylic acids is 1. The zero-order valence-electron chi connectivity index (χ0n) is 10.0. The lowest BCUT2D eigenvalue weighted by Gasteiger charge is -2.08. The molecular weight excluding hydrogens is 328 g/mol. The number of rotatable bonds is 3. The Hall–Kier alpha value is -2.41. The number of carboxylic acid groups (broad SMARTS) is 1. The fourth-order valence-corrected chi connectivity index (χ4v) is 1.87. The van der Waals surface area contributed by atoms with Crippen LogP contribution in [0.5, 0.6) is 0 Å². The topological polar surface area (TPSA) is 99.3 Å². The van der Waals surface area contributed by atoms with Gasteiger partial charge in [-0.25, -0.2) is 4.79 Å². The molecule has 102 valence electrons. The highest BCUT2D eigenvalue weighted by Crippen LogP contribution is 2.24. The van der Waals surface area contributed by atoms with Gasteiger partial charge in [0.15, 0.2) is 0 Å². The Morgan fingerprint density at radius 2 is 1.95 bits per heavy atom. The van der Waals surface area contributed by atoms with E-state index >= 15 is 0 Å². The molecule has 1 amide bonds. The van der Waals surface area contributed by atoms with Crippen molar-refractivity contribution < 1.29 is 14.7 Å². The van der Waals surface area contributed by atoms with E-state index < -0.39 is 17.4 Å². The third-order valence-corrected chi connectivity index (χ3v) is 3.17. The third-order valence-electron chi connectivity index (χ3n) is 2.47. The maximum Gasteiger partial charge on any atom is 0.335 e. The van der Waals surface area contributed by atoms with Crippen LogP contribution >= 0.6 is 15.9 Å². The van der Waals surface area contributed by atoms with Crippen LogP contribution in [0.4, 0.5) is 5.69 Å². The summed E-state index contributed by atoms with van der Waals surface area (Å²) in [6.07, 6.45) is 0. The molecule has 0 atom stereocenters. The number of aromatic nitrogens is 1. The Bertz CT molecular complexity index is 739. The van der Waals surface area contributed by atoms with Crippen LogP contribution in [-0.2, 0) is 0 Å². The van der Waals surface area contributed by atoms with Crippen molar-refractivity contribution in [1.82, 2.24) is 4.98 Å². The molecular formula is C13H9BrN2O4. The van der Waals surface area contributed by atoms with E-state index in [2.05, 4.69) is 26.2 Å². The highest BCUT2D eigenvalue weighted by atomic mass is 79.9. The van der Waals surface area contributed by atoms with Gasteiger partial charge in [-0.05, 0) is 40.2 Å². The Labute approximate surface area is 121 Å². The number of H-pyrrole nitrogens is 1. The first-order valence-electron chi connectivity index (χ1n) is 5.51. The number of nitrogens with one attached hydrogen (secondary N) is 2. The number of carboxylic acids is 1. The van der Waals surface area contributed by atoms with Crippen LogP contribution in [0.25, 0.3) is 0 Å². The maximum absolute atomic E-state index is 12.0. The minimum absolute atomic E-state index is 0.0463. The summed E-state index contributed by atoms with van der Waals surface area (Å²) in [4.78, 5) is 36.4. The monoisotopic (exact) mass is 336 g/mol. The molecule has 0 fully saturated rings. The molecule has 0 bridgehead atoms. The van der Waals surface area contributed by atoms with Gasteiger partial charge in [-0.1, -0.05) is 6.07 Å². The van der Waals surface area contributed by atoms with Crippen LogP contribution in [0, 0.1) is 0 Å². The van der Waals surface area contributed by atoms with E-state index in [4.69, 9.17) is 5.11 Å². The predicted molar refractivity (Wildman–Crippen MR) is 76.1 cm³/mol. The molecule has 1 heterocycles. The Morgan fingerprint density at radius 3 is 2.60 bits per heavy atom. The van der Waals surface area contributed by atoms with Gasteiger partial charge in [-0.3, -0.25) is 9.59 Å². The van der Waals surface area contributed by atoms with E-state index in [1.165, 1.54) is 36.4 Å². The van der Waals surface area contributed by atoms with E-state index in [0.717, 1.165) is 0 Å². The van der Waals surface area contributed by atoms with Gasteiger partial charge in [0, 0.05) is 10.5 Å². The van der Waals surface area contributed by atoms with E-state index in [1.54, 1.807) is 0 Å². The second-order valence-corrected chi connectivity index (χ2v) is 4.74. The van der Waals surface area contributed by atoms with E-state index in [0.29, 0.717) is 10.2 Å². The molecule has 1 aromatic carbocycles. The van der Waals surface area contributed by atoms with Crippen molar-refractivity contribution in [3.63, 3.8) is 0 Å². The molecule has 0 unspecified atom stereocenters. The summed E-state index contributed by atoms with van der Waals surface area (Å²) < 4.78 is 0.536. The summed E-state index contributed by atoms with van der Waals surface area (Å²) >= 11 is 3.22. The summed E-state index contributed by atoms with van der Waals surface area (Å²) in [5, 5.41) is 11.4. The molecule has 7 heteroatoms. The standard InChI is InChI=1S/C13H9BrN2O4/c14-8-5-4-7(13(19)20)6-10(8)16-12(18)9-2-1-3-11(17)15-9/h1-6H,(H,15,17)(H,16,18)(H,19,20). The fraction of sp³-hybridized carbons (Fsp3) is 0. The van der Waals surface area contributed by atoms with Gasteiger partial charge in [0.1, 0.15) is 5.69 Å². The Balaban J connectivity index is 2.30. The maximum atomic E-state index is 12.0. The normalized spacial score (nSPS) is 10.1. The number of pyridine rings is 1. The summed E-state index contributed by atoms with van der Waals surface area (Å²) in [5.41, 5.74) is 0.0470. The average molecular weight is 337 g/mol. The molecule has 0 saturated heterocycles. The number of hydrogen-bond donors (Lipinski definition) is 3. The Morgan fingerprint density at radius 1 is 1.20 bits per heavy atom. The van der Waals surface area contributed by atoms with E-state index in [-0.39, 0.29) is 11.3 Å². The SMILES string of the molecule is O=C(O)c1ccc(Br)c(NC(=O)c2cccc(=O)[nH]2)c1. The van der Waals surface area contributed by atoms with Crippen LogP contribution in [0.1, 0.15) is 20.8 Å². The van der Waals surface area contributed by atoms with Gasteiger partial charge < -0.3 is 15.4 Å². The second-order valence-electron chi connectivity index (χ2n) is 3.88. The summed E-state index contributed by atoms with van der Waals surface area (Å²) in [5.74, 6) is -1.63. The lowest BCUT2D eigenvalue weighted by atomic mass is 10.2. The molecule has 0 radical (unpaired) electrons. The van der Waals surface area contributed by atoms with E-state index in [1.807, 2.05) is 0 Å². The molecule has 2 rings (SSSR count). The van der Waals surface area contributed by atoms with Crippen molar-refractivity contribution in [3.05, 3.63) is 62.5 Å². The van der Waals surface area contributed by atoms with E-state index in [9.17, 15) is 14.4 Å². The molecule has 0 saturated carbocycles. The average Bonchev–Trinajstić information content (AvgIpc) is 2.41. The predicted octanol–water partition coefficient (Wildman–Crippen LogP) is 2.09. The highest BCUT2D eigenvalue weighted by Gasteiger charge is 2.11. The first kappa shape index (κ1) is 14.0. The number of amides is 1. The van der Waals surface area contributed by atoms with Gasteiger partial charge in [-0.2, -0.15) is 0 Å². The molecule has 2 aromatic rings. The zero-order chi connectivity index (χ0) is 14.7. The molecule has 0 spiro atoms. The minimum Gasteiger partial charge on any atom is -0.478 e. The molecule has 1 aromatic heterocycles. The van der Waals surface area contributed by atoms with Crippen molar-refractivity contribution in [1.29, 1.82) is 0 Å². The number of halogens is 1. The summed E-state index contributed by atoms with van der Waals surface area (Å²) in [6.45, 7) is 0. The number of benzene rings is 1. The smallest absolute Gasteiger partial charge is 0.335 e. The number of aromatic amines is 1. The van der Waals surface area contributed by atoms with Crippen molar-refractivity contribution in [2.45, 2.75) is 0 Å². The zero-order valence-corrected chi connectivity index (χ0v) is 11.6. The summed E-state index contributed by atoms with van der Waals surface area (Å²) in [7, 11) is 0. The molecule has 6 nitrogen and oxygen atoms in total. The first-order valence-corrected chi connectivity index (χ1v) is 6.30. The highest BCUT2D eigenvalue weighted by molar-refractivity contribution is 9.10. The van der Waals surface area contributed by atoms with Crippen LogP contribution in [-0.4, -0.2) is 22.0 Å². The number of anilines is 1. The van der Waals surface area contributed by atoms with Gasteiger partial charge in [0.2, 0.25) is 5.56 Å². The van der Waals surface area contributed by atoms with Crippen molar-refractivity contribution in [2.75, 3.05) is 5.32 Å². The third kappa shape index (κ3) is 3.12. The molecule has 0 aliphatic rings.